The summed E-state index contributed by atoms with van der Waals surface area (Å²) in [6, 6.07) is 28.8. The molecule has 0 saturated heterocycles. The maximum atomic E-state index is 5.79. The highest BCUT2D eigenvalue weighted by molar-refractivity contribution is 5.80. The first kappa shape index (κ1) is 21.5. The van der Waals surface area contributed by atoms with Gasteiger partial charge in [-0.05, 0) is 46.2 Å². The quantitative estimate of drug-likeness (QED) is 0.480. The van der Waals surface area contributed by atoms with E-state index in [1.807, 2.05) is 7.11 Å². The maximum Gasteiger partial charge on any atom is 0.0606 e. The molecule has 0 spiro atoms. The molecule has 0 saturated carbocycles. The van der Waals surface area contributed by atoms with E-state index in [0.29, 0.717) is 12.6 Å². The molecule has 0 fully saturated rings. The molecule has 1 aliphatic rings. The SMILES string of the molecule is COCC1(CNC(C)C)C=C(Cc2ccccc2)c2c(Cc3ccccc3)cccc21. The van der Waals surface area contributed by atoms with Crippen molar-refractivity contribution in [2.45, 2.75) is 38.1 Å². The predicted molar refractivity (Wildman–Crippen MR) is 131 cm³/mol. The van der Waals surface area contributed by atoms with Crippen molar-refractivity contribution in [1.82, 2.24) is 5.32 Å². The molecule has 4 rings (SSSR count). The molecule has 3 aromatic carbocycles. The first-order chi connectivity index (χ1) is 15.1. The fraction of sp³-hybridized carbons (Fsp3) is 0.310. The summed E-state index contributed by atoms with van der Waals surface area (Å²) in [6.45, 7) is 5.96. The van der Waals surface area contributed by atoms with Crippen LogP contribution in [-0.4, -0.2) is 26.3 Å². The monoisotopic (exact) mass is 411 g/mol. The van der Waals surface area contributed by atoms with Crippen molar-refractivity contribution in [3.05, 3.63) is 113 Å². The minimum Gasteiger partial charge on any atom is -0.383 e. The van der Waals surface area contributed by atoms with Crippen LogP contribution in [-0.2, 0) is 23.0 Å². The highest BCUT2D eigenvalue weighted by Crippen LogP contribution is 2.44. The van der Waals surface area contributed by atoms with Gasteiger partial charge in [-0.2, -0.15) is 0 Å². The molecule has 1 aliphatic carbocycles. The Bertz CT molecular complexity index is 1020. The number of hydrogen-bond acceptors (Lipinski definition) is 2. The van der Waals surface area contributed by atoms with Gasteiger partial charge < -0.3 is 10.1 Å². The Hall–Kier alpha value is -2.68. The van der Waals surface area contributed by atoms with Gasteiger partial charge in [-0.1, -0.05) is 98.8 Å². The van der Waals surface area contributed by atoms with Crippen LogP contribution >= 0.6 is 0 Å². The molecule has 0 aromatic heterocycles. The van der Waals surface area contributed by atoms with Crippen molar-refractivity contribution < 1.29 is 4.74 Å². The Morgan fingerprint density at radius 2 is 1.45 bits per heavy atom. The molecule has 1 unspecified atom stereocenters. The number of ether oxygens (including phenoxy) is 1. The smallest absolute Gasteiger partial charge is 0.0606 e. The average Bonchev–Trinajstić information content (AvgIpc) is 3.08. The largest absolute Gasteiger partial charge is 0.383 e. The molecule has 0 heterocycles. The lowest BCUT2D eigenvalue weighted by atomic mass is 9.81. The van der Waals surface area contributed by atoms with Gasteiger partial charge in [-0.25, -0.2) is 0 Å². The van der Waals surface area contributed by atoms with E-state index in [0.717, 1.165) is 19.4 Å². The van der Waals surface area contributed by atoms with E-state index in [2.05, 4.69) is 104 Å². The minimum absolute atomic E-state index is 0.148. The van der Waals surface area contributed by atoms with E-state index in [9.17, 15) is 0 Å². The van der Waals surface area contributed by atoms with Gasteiger partial charge in [-0.15, -0.1) is 0 Å². The van der Waals surface area contributed by atoms with Gasteiger partial charge in [0.2, 0.25) is 0 Å². The first-order valence-corrected chi connectivity index (χ1v) is 11.3. The average molecular weight is 412 g/mol. The zero-order valence-electron chi connectivity index (χ0n) is 18.9. The highest BCUT2D eigenvalue weighted by atomic mass is 16.5. The Balaban J connectivity index is 1.80. The van der Waals surface area contributed by atoms with Crippen molar-refractivity contribution in [2.24, 2.45) is 0 Å². The van der Waals surface area contributed by atoms with Gasteiger partial charge in [-0.3, -0.25) is 0 Å². The molecule has 3 aromatic rings. The summed E-state index contributed by atoms with van der Waals surface area (Å²) in [5.74, 6) is 0. The van der Waals surface area contributed by atoms with Gasteiger partial charge in [0, 0.05) is 19.7 Å². The molecule has 160 valence electrons. The number of fused-ring (bicyclic) bond motifs is 1. The van der Waals surface area contributed by atoms with Crippen LogP contribution in [0.4, 0.5) is 0 Å². The molecular weight excluding hydrogens is 378 g/mol. The van der Waals surface area contributed by atoms with Crippen molar-refractivity contribution in [2.75, 3.05) is 20.3 Å². The van der Waals surface area contributed by atoms with E-state index in [4.69, 9.17) is 4.74 Å². The van der Waals surface area contributed by atoms with Crippen molar-refractivity contribution in [3.63, 3.8) is 0 Å². The second-order valence-corrected chi connectivity index (χ2v) is 8.96. The number of methoxy groups -OCH3 is 1. The van der Waals surface area contributed by atoms with Crippen LogP contribution in [0, 0.1) is 0 Å². The highest BCUT2D eigenvalue weighted by Gasteiger charge is 2.39. The molecular formula is C29H33NO. The van der Waals surface area contributed by atoms with Crippen molar-refractivity contribution in [3.8, 4) is 0 Å². The fourth-order valence-electron chi connectivity index (χ4n) is 4.76. The van der Waals surface area contributed by atoms with E-state index in [-0.39, 0.29) is 5.41 Å². The third kappa shape index (κ3) is 4.81. The Morgan fingerprint density at radius 1 is 0.806 bits per heavy atom. The van der Waals surface area contributed by atoms with Crippen LogP contribution in [0.1, 0.15) is 41.7 Å². The lowest BCUT2D eigenvalue weighted by Gasteiger charge is -2.30. The van der Waals surface area contributed by atoms with E-state index >= 15 is 0 Å². The summed E-state index contributed by atoms with van der Waals surface area (Å²) in [6.07, 6.45) is 4.36. The van der Waals surface area contributed by atoms with Crippen LogP contribution in [0.2, 0.25) is 0 Å². The molecule has 0 amide bonds. The standard InChI is InChI=1S/C29H33NO/c1-22(2)30-20-29(21-31-3)19-26(18-24-13-8-5-9-14-24)28-25(15-10-16-27(28)29)17-23-11-6-4-7-12-23/h4-16,19,22,30H,17-18,20-21H2,1-3H3. The van der Waals surface area contributed by atoms with Gasteiger partial charge >= 0.3 is 0 Å². The van der Waals surface area contributed by atoms with Gasteiger partial charge in [0.15, 0.2) is 0 Å². The Labute approximate surface area is 187 Å². The van der Waals surface area contributed by atoms with Crippen molar-refractivity contribution >= 4 is 5.57 Å². The number of rotatable bonds is 9. The summed E-state index contributed by atoms with van der Waals surface area (Å²) in [5, 5.41) is 3.68. The molecule has 2 nitrogen and oxygen atoms in total. The number of benzene rings is 3. The van der Waals surface area contributed by atoms with Gasteiger partial charge in [0.05, 0.1) is 12.0 Å². The summed E-state index contributed by atoms with van der Waals surface area (Å²) >= 11 is 0. The summed E-state index contributed by atoms with van der Waals surface area (Å²) in [7, 11) is 1.81. The Morgan fingerprint density at radius 3 is 2.06 bits per heavy atom. The van der Waals surface area contributed by atoms with Crippen LogP contribution < -0.4 is 5.32 Å². The number of hydrogen-bond donors (Lipinski definition) is 1. The van der Waals surface area contributed by atoms with Gasteiger partial charge in [0.25, 0.3) is 0 Å². The van der Waals surface area contributed by atoms with Crippen LogP contribution in [0.25, 0.3) is 5.57 Å². The van der Waals surface area contributed by atoms with Gasteiger partial charge in [0.1, 0.15) is 0 Å². The predicted octanol–water partition coefficient (Wildman–Crippen LogP) is 5.80. The second-order valence-electron chi connectivity index (χ2n) is 8.96. The van der Waals surface area contributed by atoms with Crippen molar-refractivity contribution in [1.29, 1.82) is 0 Å². The third-order valence-electron chi connectivity index (χ3n) is 6.16. The molecule has 2 heteroatoms. The molecule has 31 heavy (non-hydrogen) atoms. The zero-order chi connectivity index (χ0) is 21.7. The molecule has 0 radical (unpaired) electrons. The second kappa shape index (κ2) is 9.64. The lowest BCUT2D eigenvalue weighted by Crippen LogP contribution is -2.42. The summed E-state index contributed by atoms with van der Waals surface area (Å²) in [4.78, 5) is 0. The summed E-state index contributed by atoms with van der Waals surface area (Å²) in [5.41, 5.74) is 8.16. The van der Waals surface area contributed by atoms with E-state index in [1.54, 1.807) is 0 Å². The fourth-order valence-corrected chi connectivity index (χ4v) is 4.76. The van der Waals surface area contributed by atoms with E-state index in [1.165, 1.54) is 33.4 Å². The molecule has 0 aliphatic heterocycles. The van der Waals surface area contributed by atoms with Crippen LogP contribution in [0.15, 0.2) is 84.9 Å². The van der Waals surface area contributed by atoms with Crippen LogP contribution in [0.3, 0.4) is 0 Å². The summed E-state index contributed by atoms with van der Waals surface area (Å²) < 4.78 is 5.79. The zero-order valence-corrected chi connectivity index (χ0v) is 18.9. The topological polar surface area (TPSA) is 21.3 Å². The lowest BCUT2D eigenvalue weighted by molar-refractivity contribution is 0.149. The Kier molecular flexibility index (Phi) is 6.70. The van der Waals surface area contributed by atoms with E-state index < -0.39 is 0 Å². The maximum absolute atomic E-state index is 5.79. The third-order valence-corrected chi connectivity index (χ3v) is 6.16. The normalized spacial score (nSPS) is 17.6. The molecule has 1 atom stereocenters. The first-order valence-electron chi connectivity index (χ1n) is 11.3. The molecule has 0 bridgehead atoms. The minimum atomic E-state index is -0.148. The number of allylic oxidation sites excluding steroid dienone is 1. The molecule has 1 N–H and O–H groups in total. The van der Waals surface area contributed by atoms with Crippen LogP contribution in [0.5, 0.6) is 0 Å². The number of nitrogens with one attached hydrogen (secondary N) is 1.